The van der Waals surface area contributed by atoms with E-state index in [0.717, 1.165) is 10.9 Å². The molecule has 2 aromatic rings. The predicted molar refractivity (Wildman–Crippen MR) is 66.5 cm³/mol. The van der Waals surface area contributed by atoms with Crippen LogP contribution in [0.5, 0.6) is 0 Å². The van der Waals surface area contributed by atoms with Crippen LogP contribution >= 0.6 is 11.8 Å². The molecule has 0 bridgehead atoms. The van der Waals surface area contributed by atoms with Gasteiger partial charge in [0, 0.05) is 22.2 Å². The van der Waals surface area contributed by atoms with Crippen LogP contribution < -0.4 is 0 Å². The van der Waals surface area contributed by atoms with Crippen LogP contribution in [0.2, 0.25) is 0 Å². The number of carboxylic acid groups (broad SMARTS) is 1. The van der Waals surface area contributed by atoms with Gasteiger partial charge in [-0.05, 0) is 6.07 Å². The van der Waals surface area contributed by atoms with Crippen molar-refractivity contribution < 1.29 is 15.0 Å². The Bertz CT molecular complexity index is 556. The lowest BCUT2D eigenvalue weighted by atomic mass is 10.1. The van der Waals surface area contributed by atoms with Gasteiger partial charge in [0.25, 0.3) is 0 Å². The topological polar surface area (TPSA) is 70.4 Å². The molecule has 2 N–H and O–H groups in total. The molecule has 0 spiro atoms. The zero-order valence-electron chi connectivity index (χ0n) is 8.96. The van der Waals surface area contributed by atoms with E-state index in [1.165, 1.54) is 18.0 Å². The lowest BCUT2D eigenvalue weighted by Crippen LogP contribution is -2.02. The summed E-state index contributed by atoms with van der Waals surface area (Å²) in [7, 11) is 0. The monoisotopic (exact) mass is 249 g/mol. The molecule has 0 aliphatic rings. The average Bonchev–Trinajstić information content (AvgIpc) is 2.35. The first-order valence-electron chi connectivity index (χ1n) is 5.08. The lowest BCUT2D eigenvalue weighted by Gasteiger charge is -2.08. The van der Waals surface area contributed by atoms with E-state index in [1.54, 1.807) is 0 Å². The normalized spacial score (nSPS) is 10.6. The number of rotatable bonds is 4. The molecule has 1 aromatic heterocycles. The van der Waals surface area contributed by atoms with Gasteiger partial charge in [0.05, 0.1) is 17.7 Å². The largest absolute Gasteiger partial charge is 0.478 e. The summed E-state index contributed by atoms with van der Waals surface area (Å²) >= 11 is 1.33. The molecule has 17 heavy (non-hydrogen) atoms. The van der Waals surface area contributed by atoms with Crippen molar-refractivity contribution in [2.75, 3.05) is 12.4 Å². The fourth-order valence-corrected chi connectivity index (χ4v) is 2.49. The van der Waals surface area contributed by atoms with Crippen LogP contribution in [0.3, 0.4) is 0 Å². The molecule has 0 radical (unpaired) electrons. The van der Waals surface area contributed by atoms with Gasteiger partial charge in [0.1, 0.15) is 0 Å². The molecule has 0 saturated heterocycles. The minimum Gasteiger partial charge on any atom is -0.478 e. The van der Waals surface area contributed by atoms with E-state index in [4.69, 9.17) is 10.2 Å². The maximum atomic E-state index is 11.1. The minimum absolute atomic E-state index is 0.0143. The van der Waals surface area contributed by atoms with E-state index >= 15 is 0 Å². The van der Waals surface area contributed by atoms with Crippen LogP contribution in [-0.2, 0) is 0 Å². The highest BCUT2D eigenvalue weighted by Crippen LogP contribution is 2.30. The zero-order chi connectivity index (χ0) is 12.3. The maximum absolute atomic E-state index is 11.1. The van der Waals surface area contributed by atoms with Crippen molar-refractivity contribution >= 4 is 28.6 Å². The van der Waals surface area contributed by atoms with E-state index in [1.807, 2.05) is 24.3 Å². The molecule has 0 aliphatic heterocycles. The predicted octanol–water partition coefficient (Wildman–Crippen LogP) is 2.02. The van der Waals surface area contributed by atoms with Crippen LogP contribution in [0.4, 0.5) is 0 Å². The number of aromatic nitrogens is 1. The number of aliphatic hydroxyl groups excluding tert-OH is 1. The summed E-state index contributed by atoms with van der Waals surface area (Å²) < 4.78 is 0. The Hall–Kier alpha value is -1.59. The van der Waals surface area contributed by atoms with Crippen LogP contribution in [-0.4, -0.2) is 33.5 Å². The van der Waals surface area contributed by atoms with Gasteiger partial charge >= 0.3 is 5.97 Å². The highest BCUT2D eigenvalue weighted by Gasteiger charge is 2.14. The minimum atomic E-state index is -0.997. The number of carboxylic acids is 1. The fourth-order valence-electron chi connectivity index (χ4n) is 1.57. The molecule has 0 atom stereocenters. The third kappa shape index (κ3) is 2.40. The Morgan fingerprint density at radius 1 is 1.35 bits per heavy atom. The van der Waals surface area contributed by atoms with Gasteiger partial charge in [-0.1, -0.05) is 18.2 Å². The molecule has 0 saturated carbocycles. The van der Waals surface area contributed by atoms with Gasteiger partial charge in [-0.25, -0.2) is 4.79 Å². The molecule has 88 valence electrons. The Labute approximate surface area is 102 Å². The fraction of sp³-hybridized carbons (Fsp3) is 0.167. The average molecular weight is 249 g/mol. The summed E-state index contributed by atoms with van der Waals surface area (Å²) in [6.07, 6.45) is 1.37. The molecule has 0 unspecified atom stereocenters. The maximum Gasteiger partial charge on any atom is 0.338 e. The smallest absolute Gasteiger partial charge is 0.338 e. The summed E-state index contributed by atoms with van der Waals surface area (Å²) in [6.45, 7) is 0.0143. The van der Waals surface area contributed by atoms with Crippen molar-refractivity contribution in [1.82, 2.24) is 4.98 Å². The SMILES string of the molecule is O=C(O)c1cnc2ccccc2c1SCCO. The third-order valence-corrected chi connectivity index (χ3v) is 3.41. The Morgan fingerprint density at radius 3 is 2.82 bits per heavy atom. The second kappa shape index (κ2) is 5.16. The van der Waals surface area contributed by atoms with Gasteiger partial charge in [-0.3, -0.25) is 4.98 Å². The molecule has 4 nitrogen and oxygen atoms in total. The second-order valence-corrected chi connectivity index (χ2v) is 4.50. The molecular weight excluding hydrogens is 238 g/mol. The van der Waals surface area contributed by atoms with Crippen molar-refractivity contribution in [3.8, 4) is 0 Å². The van der Waals surface area contributed by atoms with E-state index in [2.05, 4.69) is 4.98 Å². The highest BCUT2D eigenvalue weighted by atomic mass is 32.2. The van der Waals surface area contributed by atoms with Crippen LogP contribution in [0.1, 0.15) is 10.4 Å². The van der Waals surface area contributed by atoms with Crippen LogP contribution in [0.15, 0.2) is 35.4 Å². The summed E-state index contributed by atoms with van der Waals surface area (Å²) in [6, 6.07) is 7.38. The Morgan fingerprint density at radius 2 is 2.12 bits per heavy atom. The molecule has 0 amide bonds. The number of fused-ring (bicyclic) bond motifs is 1. The third-order valence-electron chi connectivity index (χ3n) is 2.29. The van der Waals surface area contributed by atoms with Gasteiger partial charge in [-0.15, -0.1) is 11.8 Å². The van der Waals surface area contributed by atoms with Crippen molar-refractivity contribution in [1.29, 1.82) is 0 Å². The van der Waals surface area contributed by atoms with Gasteiger partial charge in [0.2, 0.25) is 0 Å². The number of thioether (sulfide) groups is 1. The summed E-state index contributed by atoms with van der Waals surface area (Å²) in [5, 5.41) is 18.8. The highest BCUT2D eigenvalue weighted by molar-refractivity contribution is 7.99. The number of carbonyl (C=O) groups is 1. The van der Waals surface area contributed by atoms with Crippen LogP contribution in [0.25, 0.3) is 10.9 Å². The Balaban J connectivity index is 2.61. The number of pyridine rings is 1. The van der Waals surface area contributed by atoms with E-state index in [-0.39, 0.29) is 12.2 Å². The van der Waals surface area contributed by atoms with Crippen molar-refractivity contribution in [3.63, 3.8) is 0 Å². The molecule has 0 aliphatic carbocycles. The van der Waals surface area contributed by atoms with E-state index < -0.39 is 5.97 Å². The standard InChI is InChI=1S/C12H11NO3S/c14-5-6-17-11-8-3-1-2-4-10(8)13-7-9(11)12(15)16/h1-4,7,14H,5-6H2,(H,15,16). The van der Waals surface area contributed by atoms with Crippen molar-refractivity contribution in [2.24, 2.45) is 0 Å². The Kier molecular flexibility index (Phi) is 3.61. The van der Waals surface area contributed by atoms with Crippen molar-refractivity contribution in [3.05, 3.63) is 36.0 Å². The molecule has 1 aromatic carbocycles. The number of hydrogen-bond acceptors (Lipinski definition) is 4. The molecular formula is C12H11NO3S. The summed E-state index contributed by atoms with van der Waals surface area (Å²) in [4.78, 5) is 15.9. The van der Waals surface area contributed by atoms with Gasteiger partial charge in [-0.2, -0.15) is 0 Å². The second-order valence-electron chi connectivity index (χ2n) is 3.40. The number of nitrogens with zero attached hydrogens (tertiary/aromatic N) is 1. The van der Waals surface area contributed by atoms with Crippen molar-refractivity contribution in [2.45, 2.75) is 4.90 Å². The first-order chi connectivity index (χ1) is 8.24. The van der Waals surface area contributed by atoms with Crippen LogP contribution in [0, 0.1) is 0 Å². The first-order valence-corrected chi connectivity index (χ1v) is 6.07. The molecule has 2 rings (SSSR count). The molecule has 1 heterocycles. The number of hydrogen-bond donors (Lipinski definition) is 2. The number of aliphatic hydroxyl groups is 1. The lowest BCUT2D eigenvalue weighted by molar-refractivity contribution is 0.0693. The summed E-state index contributed by atoms with van der Waals surface area (Å²) in [5.41, 5.74) is 0.945. The molecule has 5 heteroatoms. The summed E-state index contributed by atoms with van der Waals surface area (Å²) in [5.74, 6) is -0.530. The number of para-hydroxylation sites is 1. The van der Waals surface area contributed by atoms with Gasteiger partial charge < -0.3 is 10.2 Å². The quantitative estimate of drug-likeness (QED) is 0.811. The van der Waals surface area contributed by atoms with E-state index in [9.17, 15) is 4.79 Å². The number of benzene rings is 1. The van der Waals surface area contributed by atoms with Gasteiger partial charge in [0.15, 0.2) is 0 Å². The first kappa shape index (κ1) is 11.9. The zero-order valence-corrected chi connectivity index (χ0v) is 9.78. The molecule has 0 fully saturated rings. The number of aromatic carboxylic acids is 1. The van der Waals surface area contributed by atoms with E-state index in [0.29, 0.717) is 10.6 Å².